The number of rotatable bonds is 7. The molecule has 1 aromatic heterocycles. The van der Waals surface area contributed by atoms with Gasteiger partial charge in [0.1, 0.15) is 17.2 Å². The molecule has 0 saturated heterocycles. The first-order chi connectivity index (χ1) is 15.2. The summed E-state index contributed by atoms with van der Waals surface area (Å²) >= 11 is 0. The molecule has 1 amide bonds. The van der Waals surface area contributed by atoms with E-state index in [9.17, 15) is 4.79 Å². The summed E-state index contributed by atoms with van der Waals surface area (Å²) in [6.07, 6.45) is 4.94. The molecule has 154 valence electrons. The summed E-state index contributed by atoms with van der Waals surface area (Å²) in [6, 6.07) is 25.7. The van der Waals surface area contributed by atoms with Crippen molar-refractivity contribution >= 4 is 5.91 Å². The molecule has 0 atom stereocenters. The minimum Gasteiger partial charge on any atom is -0.457 e. The van der Waals surface area contributed by atoms with Crippen molar-refractivity contribution in [3.8, 4) is 28.3 Å². The van der Waals surface area contributed by atoms with E-state index in [1.165, 1.54) is 0 Å². The largest absolute Gasteiger partial charge is 0.457 e. The Morgan fingerprint density at radius 1 is 1.00 bits per heavy atom. The Kier molecular flexibility index (Phi) is 5.94. The van der Waals surface area contributed by atoms with Crippen LogP contribution in [-0.2, 0) is 0 Å². The van der Waals surface area contributed by atoms with Crippen molar-refractivity contribution in [3.05, 3.63) is 110 Å². The van der Waals surface area contributed by atoms with Crippen molar-refractivity contribution in [1.29, 1.82) is 0 Å². The predicted molar refractivity (Wildman–Crippen MR) is 123 cm³/mol. The number of para-hydroxylation sites is 1. The Balaban J connectivity index is 1.58. The standard InChI is InChI=1S/C26H23N3O2/c1-3-16-28(2)26(30)25-18-27-19-29(25)22-9-7-8-21(17-22)20-12-14-24(15-13-20)31-23-10-5-4-6-11-23/h3-15,17-19H,1,16H2,2H3. The predicted octanol–water partition coefficient (Wildman–Crippen LogP) is 5.59. The van der Waals surface area contributed by atoms with Gasteiger partial charge in [-0.25, -0.2) is 4.98 Å². The number of amides is 1. The van der Waals surface area contributed by atoms with E-state index < -0.39 is 0 Å². The average molecular weight is 409 g/mol. The van der Waals surface area contributed by atoms with Crippen molar-refractivity contribution in [3.63, 3.8) is 0 Å². The van der Waals surface area contributed by atoms with Gasteiger partial charge in [0.05, 0.1) is 12.5 Å². The van der Waals surface area contributed by atoms with Crippen molar-refractivity contribution < 1.29 is 9.53 Å². The lowest BCUT2D eigenvalue weighted by Gasteiger charge is -2.16. The molecule has 3 aromatic carbocycles. The molecule has 5 heteroatoms. The maximum atomic E-state index is 12.7. The number of hydrogen-bond donors (Lipinski definition) is 0. The van der Waals surface area contributed by atoms with Gasteiger partial charge in [0.25, 0.3) is 5.91 Å². The fraction of sp³-hybridized carbons (Fsp3) is 0.0769. The van der Waals surface area contributed by atoms with Gasteiger partial charge in [-0.15, -0.1) is 6.58 Å². The molecule has 5 nitrogen and oxygen atoms in total. The number of ether oxygens (including phenoxy) is 1. The molecular formula is C26H23N3O2. The second-order valence-corrected chi connectivity index (χ2v) is 7.11. The summed E-state index contributed by atoms with van der Waals surface area (Å²) in [7, 11) is 1.75. The number of hydrogen-bond acceptors (Lipinski definition) is 3. The van der Waals surface area contributed by atoms with Gasteiger partial charge in [-0.1, -0.05) is 48.5 Å². The quantitative estimate of drug-likeness (QED) is 0.374. The first kappa shape index (κ1) is 20.2. The van der Waals surface area contributed by atoms with Crippen LogP contribution >= 0.6 is 0 Å². The van der Waals surface area contributed by atoms with Crippen LogP contribution < -0.4 is 4.74 Å². The molecule has 0 aliphatic rings. The van der Waals surface area contributed by atoms with E-state index in [-0.39, 0.29) is 5.91 Å². The van der Waals surface area contributed by atoms with Gasteiger partial charge in [-0.2, -0.15) is 0 Å². The molecule has 31 heavy (non-hydrogen) atoms. The van der Waals surface area contributed by atoms with Crippen LogP contribution in [-0.4, -0.2) is 34.0 Å². The Morgan fingerprint density at radius 3 is 2.48 bits per heavy atom. The van der Waals surface area contributed by atoms with Crippen LogP contribution in [0.2, 0.25) is 0 Å². The molecule has 0 aliphatic heterocycles. The van der Waals surface area contributed by atoms with Crippen molar-refractivity contribution in [2.75, 3.05) is 13.6 Å². The third kappa shape index (κ3) is 4.56. The average Bonchev–Trinajstić information content (AvgIpc) is 3.30. The fourth-order valence-electron chi connectivity index (χ4n) is 3.31. The van der Waals surface area contributed by atoms with Gasteiger partial charge in [0.15, 0.2) is 0 Å². The van der Waals surface area contributed by atoms with Crippen LogP contribution in [0.25, 0.3) is 16.8 Å². The normalized spacial score (nSPS) is 10.5. The number of imidazole rings is 1. The second kappa shape index (κ2) is 9.13. The van der Waals surface area contributed by atoms with Gasteiger partial charge in [0, 0.05) is 19.3 Å². The molecule has 0 fully saturated rings. The van der Waals surface area contributed by atoms with Crippen LogP contribution in [0.5, 0.6) is 11.5 Å². The number of carbonyl (C=O) groups is 1. The van der Waals surface area contributed by atoms with Crippen LogP contribution in [0.15, 0.2) is 104 Å². The van der Waals surface area contributed by atoms with E-state index in [1.807, 2.05) is 78.9 Å². The summed E-state index contributed by atoms with van der Waals surface area (Å²) in [5.74, 6) is 1.47. The molecule has 1 heterocycles. The van der Waals surface area contributed by atoms with E-state index in [0.29, 0.717) is 12.2 Å². The maximum absolute atomic E-state index is 12.7. The Bertz CT molecular complexity index is 1180. The number of nitrogens with zero attached hydrogens (tertiary/aromatic N) is 3. The van der Waals surface area contributed by atoms with Crippen LogP contribution in [0.1, 0.15) is 10.5 Å². The minimum atomic E-state index is -0.106. The van der Waals surface area contributed by atoms with E-state index >= 15 is 0 Å². The molecule has 0 bridgehead atoms. The number of carbonyl (C=O) groups excluding carboxylic acids is 1. The van der Waals surface area contributed by atoms with Crippen molar-refractivity contribution in [2.24, 2.45) is 0 Å². The monoisotopic (exact) mass is 409 g/mol. The van der Waals surface area contributed by atoms with E-state index in [2.05, 4.69) is 11.6 Å². The van der Waals surface area contributed by atoms with Crippen molar-refractivity contribution in [1.82, 2.24) is 14.5 Å². The Morgan fingerprint density at radius 2 is 1.74 bits per heavy atom. The molecular weight excluding hydrogens is 386 g/mol. The first-order valence-electron chi connectivity index (χ1n) is 9.98. The highest BCUT2D eigenvalue weighted by Crippen LogP contribution is 2.27. The lowest BCUT2D eigenvalue weighted by Crippen LogP contribution is -2.28. The minimum absolute atomic E-state index is 0.106. The summed E-state index contributed by atoms with van der Waals surface area (Å²) < 4.78 is 7.68. The highest BCUT2D eigenvalue weighted by Gasteiger charge is 2.16. The molecule has 0 saturated carbocycles. The van der Waals surface area contributed by atoms with Crippen LogP contribution in [0.4, 0.5) is 0 Å². The molecule has 0 radical (unpaired) electrons. The zero-order valence-corrected chi connectivity index (χ0v) is 17.3. The summed E-state index contributed by atoms with van der Waals surface area (Å²) in [5, 5.41) is 0. The zero-order chi connectivity index (χ0) is 21.6. The smallest absolute Gasteiger partial charge is 0.272 e. The zero-order valence-electron chi connectivity index (χ0n) is 17.3. The van der Waals surface area contributed by atoms with E-state index in [1.54, 1.807) is 35.1 Å². The molecule has 0 spiro atoms. The summed E-state index contributed by atoms with van der Waals surface area (Å²) in [6.45, 7) is 4.17. The number of likely N-dealkylation sites (N-methyl/N-ethyl adjacent to an activating group) is 1. The third-order valence-electron chi connectivity index (χ3n) is 4.90. The van der Waals surface area contributed by atoms with Gasteiger partial charge in [0.2, 0.25) is 0 Å². The lowest BCUT2D eigenvalue weighted by atomic mass is 10.0. The molecule has 0 unspecified atom stereocenters. The second-order valence-electron chi connectivity index (χ2n) is 7.11. The van der Waals surface area contributed by atoms with Crippen LogP contribution in [0, 0.1) is 0 Å². The van der Waals surface area contributed by atoms with Crippen molar-refractivity contribution in [2.45, 2.75) is 0 Å². The Hall–Kier alpha value is -4.12. The van der Waals surface area contributed by atoms with Crippen LogP contribution in [0.3, 0.4) is 0 Å². The van der Waals surface area contributed by atoms with Gasteiger partial charge in [-0.3, -0.25) is 9.36 Å². The molecule has 4 rings (SSSR count). The topological polar surface area (TPSA) is 47.4 Å². The van der Waals surface area contributed by atoms with E-state index in [0.717, 1.165) is 28.3 Å². The maximum Gasteiger partial charge on any atom is 0.272 e. The first-order valence-corrected chi connectivity index (χ1v) is 9.98. The number of aromatic nitrogens is 2. The summed E-state index contributed by atoms with van der Waals surface area (Å²) in [4.78, 5) is 18.5. The third-order valence-corrected chi connectivity index (χ3v) is 4.90. The highest BCUT2D eigenvalue weighted by atomic mass is 16.5. The van der Waals surface area contributed by atoms with Gasteiger partial charge in [-0.05, 0) is 47.5 Å². The van der Waals surface area contributed by atoms with Gasteiger partial charge >= 0.3 is 0 Å². The van der Waals surface area contributed by atoms with Gasteiger partial charge < -0.3 is 9.64 Å². The molecule has 0 N–H and O–H groups in total. The SMILES string of the molecule is C=CCN(C)C(=O)c1cncn1-c1cccc(-c2ccc(Oc3ccccc3)cc2)c1. The molecule has 4 aromatic rings. The highest BCUT2D eigenvalue weighted by molar-refractivity contribution is 5.93. The fourth-order valence-corrected chi connectivity index (χ4v) is 3.31. The lowest BCUT2D eigenvalue weighted by molar-refractivity contribution is 0.0802. The summed E-state index contributed by atoms with van der Waals surface area (Å²) in [5.41, 5.74) is 3.47. The number of benzene rings is 3. The van der Waals surface area contributed by atoms with E-state index in [4.69, 9.17) is 4.74 Å². The Labute approximate surface area is 181 Å². The molecule has 0 aliphatic carbocycles.